The van der Waals surface area contributed by atoms with E-state index in [0.717, 1.165) is 18.5 Å². The van der Waals surface area contributed by atoms with Gasteiger partial charge in [-0.25, -0.2) is 0 Å². The van der Waals surface area contributed by atoms with Crippen LogP contribution in [-0.4, -0.2) is 4.98 Å². The number of nitriles is 1. The highest BCUT2D eigenvalue weighted by atomic mass is 14.9. The van der Waals surface area contributed by atoms with Crippen molar-refractivity contribution >= 4 is 0 Å². The van der Waals surface area contributed by atoms with Gasteiger partial charge in [0.15, 0.2) is 0 Å². The first kappa shape index (κ1) is 7.26. The number of nitrogens with two attached hydrogens (primary N) is 1. The molecule has 0 saturated heterocycles. The van der Waals surface area contributed by atoms with E-state index in [1.165, 1.54) is 0 Å². The van der Waals surface area contributed by atoms with Gasteiger partial charge in [-0.15, -0.1) is 0 Å². The third-order valence-electron chi connectivity index (χ3n) is 2.19. The molecule has 1 fully saturated rings. The zero-order valence-corrected chi connectivity index (χ0v) is 6.62. The molecule has 1 heterocycles. The Labute approximate surface area is 70.8 Å². The van der Waals surface area contributed by atoms with Crippen molar-refractivity contribution in [2.45, 2.75) is 18.4 Å². The summed E-state index contributed by atoms with van der Waals surface area (Å²) < 4.78 is 0. The van der Waals surface area contributed by atoms with Crippen molar-refractivity contribution in [1.29, 1.82) is 5.26 Å². The number of nitrogens with zero attached hydrogens (tertiary/aromatic N) is 2. The molecule has 0 radical (unpaired) electrons. The second kappa shape index (κ2) is 2.29. The SMILES string of the molecule is N#Cc1ccnc(C2(N)CC2)c1. The predicted molar refractivity (Wildman–Crippen MR) is 44.1 cm³/mol. The number of rotatable bonds is 1. The summed E-state index contributed by atoms with van der Waals surface area (Å²) in [4.78, 5) is 4.14. The molecule has 0 aliphatic heterocycles. The van der Waals surface area contributed by atoms with Crippen LogP contribution in [0, 0.1) is 11.3 Å². The Bertz CT molecular complexity index is 347. The fraction of sp³-hybridized carbons (Fsp3) is 0.333. The van der Waals surface area contributed by atoms with Crippen molar-refractivity contribution in [3.63, 3.8) is 0 Å². The molecule has 0 bridgehead atoms. The molecule has 0 amide bonds. The summed E-state index contributed by atoms with van der Waals surface area (Å²) in [6, 6.07) is 5.53. The van der Waals surface area contributed by atoms with Crippen molar-refractivity contribution < 1.29 is 0 Å². The quantitative estimate of drug-likeness (QED) is 0.662. The van der Waals surface area contributed by atoms with Gasteiger partial charge in [0.05, 0.1) is 22.9 Å². The molecule has 12 heavy (non-hydrogen) atoms. The Hall–Kier alpha value is -1.40. The zero-order chi connectivity index (χ0) is 8.60. The maximum Gasteiger partial charge on any atom is 0.0992 e. The summed E-state index contributed by atoms with van der Waals surface area (Å²) in [5, 5.41) is 8.63. The fourth-order valence-corrected chi connectivity index (χ4v) is 1.16. The average Bonchev–Trinajstić information content (AvgIpc) is 2.85. The predicted octanol–water partition coefficient (Wildman–Crippen LogP) is 0.901. The molecule has 0 spiro atoms. The van der Waals surface area contributed by atoms with E-state index >= 15 is 0 Å². The first-order valence-corrected chi connectivity index (χ1v) is 3.90. The molecular formula is C9H9N3. The zero-order valence-electron chi connectivity index (χ0n) is 6.62. The van der Waals surface area contributed by atoms with E-state index in [4.69, 9.17) is 11.0 Å². The Balaban J connectivity index is 2.40. The summed E-state index contributed by atoms with van der Waals surface area (Å²) in [5.41, 5.74) is 7.17. The van der Waals surface area contributed by atoms with Gasteiger partial charge in [0.1, 0.15) is 0 Å². The van der Waals surface area contributed by atoms with Gasteiger partial charge in [-0.2, -0.15) is 5.26 Å². The molecular weight excluding hydrogens is 150 g/mol. The Morgan fingerprint density at radius 2 is 2.33 bits per heavy atom. The summed E-state index contributed by atoms with van der Waals surface area (Å²) in [7, 11) is 0. The number of hydrogen-bond acceptors (Lipinski definition) is 3. The van der Waals surface area contributed by atoms with Crippen LogP contribution >= 0.6 is 0 Å². The molecule has 1 aromatic heterocycles. The van der Waals surface area contributed by atoms with Gasteiger partial charge in [-0.1, -0.05) is 0 Å². The number of pyridine rings is 1. The summed E-state index contributed by atoms with van der Waals surface area (Å²) in [5.74, 6) is 0. The van der Waals surface area contributed by atoms with Crippen LogP contribution in [0.2, 0.25) is 0 Å². The highest BCUT2D eigenvalue weighted by Crippen LogP contribution is 2.41. The first-order valence-electron chi connectivity index (χ1n) is 3.90. The minimum atomic E-state index is -0.229. The molecule has 0 aromatic carbocycles. The van der Waals surface area contributed by atoms with Gasteiger partial charge in [0.25, 0.3) is 0 Å². The average molecular weight is 159 g/mol. The van der Waals surface area contributed by atoms with Gasteiger partial charge < -0.3 is 5.73 Å². The minimum absolute atomic E-state index is 0.229. The van der Waals surface area contributed by atoms with E-state index in [-0.39, 0.29) is 5.54 Å². The normalized spacial score (nSPS) is 18.3. The van der Waals surface area contributed by atoms with Gasteiger partial charge in [0, 0.05) is 6.20 Å². The van der Waals surface area contributed by atoms with Crippen LogP contribution in [0.1, 0.15) is 24.1 Å². The largest absolute Gasteiger partial charge is 0.320 e. The second-order valence-electron chi connectivity index (χ2n) is 3.20. The summed E-state index contributed by atoms with van der Waals surface area (Å²) >= 11 is 0. The lowest BCUT2D eigenvalue weighted by Gasteiger charge is -2.06. The Kier molecular flexibility index (Phi) is 1.39. The van der Waals surface area contributed by atoms with E-state index in [1.807, 2.05) is 0 Å². The molecule has 3 heteroatoms. The smallest absolute Gasteiger partial charge is 0.0992 e. The van der Waals surface area contributed by atoms with Gasteiger partial charge in [-0.05, 0) is 25.0 Å². The first-order chi connectivity index (χ1) is 5.74. The van der Waals surface area contributed by atoms with Crippen LogP contribution in [0.15, 0.2) is 18.3 Å². The molecule has 2 N–H and O–H groups in total. The van der Waals surface area contributed by atoms with E-state index in [0.29, 0.717) is 5.56 Å². The van der Waals surface area contributed by atoms with Gasteiger partial charge in [0.2, 0.25) is 0 Å². The van der Waals surface area contributed by atoms with Crippen molar-refractivity contribution in [1.82, 2.24) is 4.98 Å². The van der Waals surface area contributed by atoms with Crippen LogP contribution < -0.4 is 5.73 Å². The highest BCUT2D eigenvalue weighted by molar-refractivity contribution is 5.33. The van der Waals surface area contributed by atoms with Crippen LogP contribution in [-0.2, 0) is 5.54 Å². The van der Waals surface area contributed by atoms with E-state index in [2.05, 4.69) is 11.1 Å². The molecule has 0 atom stereocenters. The van der Waals surface area contributed by atoms with Crippen LogP contribution in [0.3, 0.4) is 0 Å². The number of hydrogen-bond donors (Lipinski definition) is 1. The third-order valence-corrected chi connectivity index (χ3v) is 2.19. The van der Waals surface area contributed by atoms with Gasteiger partial charge >= 0.3 is 0 Å². The van der Waals surface area contributed by atoms with E-state index in [9.17, 15) is 0 Å². The molecule has 1 aliphatic carbocycles. The third kappa shape index (κ3) is 1.06. The van der Waals surface area contributed by atoms with E-state index < -0.39 is 0 Å². The van der Waals surface area contributed by atoms with E-state index in [1.54, 1.807) is 18.3 Å². The van der Waals surface area contributed by atoms with Crippen LogP contribution in [0.25, 0.3) is 0 Å². The number of aromatic nitrogens is 1. The maximum atomic E-state index is 8.63. The molecule has 1 aliphatic rings. The lowest BCUT2D eigenvalue weighted by atomic mass is 10.1. The highest BCUT2D eigenvalue weighted by Gasteiger charge is 2.41. The molecule has 1 saturated carbocycles. The lowest BCUT2D eigenvalue weighted by Crippen LogP contribution is -2.20. The van der Waals surface area contributed by atoms with Crippen LogP contribution in [0.5, 0.6) is 0 Å². The van der Waals surface area contributed by atoms with Crippen molar-refractivity contribution in [3.05, 3.63) is 29.6 Å². The molecule has 3 nitrogen and oxygen atoms in total. The molecule has 1 aromatic rings. The van der Waals surface area contributed by atoms with Crippen LogP contribution in [0.4, 0.5) is 0 Å². The fourth-order valence-electron chi connectivity index (χ4n) is 1.16. The molecule has 2 rings (SSSR count). The Morgan fingerprint density at radius 1 is 1.58 bits per heavy atom. The van der Waals surface area contributed by atoms with Crippen molar-refractivity contribution in [2.75, 3.05) is 0 Å². The molecule has 60 valence electrons. The summed E-state index contributed by atoms with van der Waals surface area (Å²) in [6.07, 6.45) is 3.60. The Morgan fingerprint density at radius 3 is 2.92 bits per heavy atom. The molecule has 0 unspecified atom stereocenters. The second-order valence-corrected chi connectivity index (χ2v) is 3.20. The van der Waals surface area contributed by atoms with Crippen molar-refractivity contribution in [2.24, 2.45) is 5.73 Å². The standard InChI is InChI=1S/C9H9N3/c10-6-7-1-4-12-8(5-7)9(11)2-3-9/h1,4-5H,2-3,11H2. The maximum absolute atomic E-state index is 8.63. The summed E-state index contributed by atoms with van der Waals surface area (Å²) in [6.45, 7) is 0. The topological polar surface area (TPSA) is 62.7 Å². The van der Waals surface area contributed by atoms with Crippen molar-refractivity contribution in [3.8, 4) is 6.07 Å². The minimum Gasteiger partial charge on any atom is -0.320 e. The van der Waals surface area contributed by atoms with Gasteiger partial charge in [-0.3, -0.25) is 4.98 Å². The lowest BCUT2D eigenvalue weighted by molar-refractivity contribution is 0.707. The monoisotopic (exact) mass is 159 g/mol.